The van der Waals surface area contributed by atoms with Gasteiger partial charge in [-0.05, 0) is 18.6 Å². The van der Waals surface area contributed by atoms with Gasteiger partial charge in [-0.2, -0.15) is 0 Å². The van der Waals surface area contributed by atoms with E-state index >= 15 is 0 Å². The molecular weight excluding hydrogens is 202 g/mol. The standard InChI is InChI=1S/C13H15NO2/c1-16-10-4-8-14-9-7-13(15)11-5-2-3-6-12(11)14/h2-3,5-7,9H,4,8,10H2,1H3. The third-order valence-corrected chi connectivity index (χ3v) is 2.63. The van der Waals surface area contributed by atoms with Crippen LogP contribution in [0.15, 0.2) is 41.3 Å². The molecule has 0 amide bonds. The van der Waals surface area contributed by atoms with Crippen molar-refractivity contribution in [3.8, 4) is 0 Å². The molecule has 0 atom stereocenters. The van der Waals surface area contributed by atoms with Crippen LogP contribution in [-0.2, 0) is 11.3 Å². The van der Waals surface area contributed by atoms with Crippen LogP contribution in [0.1, 0.15) is 6.42 Å². The molecule has 2 rings (SSSR count). The number of aryl methyl sites for hydroxylation is 1. The van der Waals surface area contributed by atoms with Crippen molar-refractivity contribution < 1.29 is 4.74 Å². The quantitative estimate of drug-likeness (QED) is 0.734. The van der Waals surface area contributed by atoms with Gasteiger partial charge in [-0.15, -0.1) is 0 Å². The van der Waals surface area contributed by atoms with E-state index in [1.165, 1.54) is 0 Å². The van der Waals surface area contributed by atoms with Gasteiger partial charge >= 0.3 is 0 Å². The van der Waals surface area contributed by atoms with Crippen LogP contribution in [0.5, 0.6) is 0 Å². The first-order valence-electron chi connectivity index (χ1n) is 5.40. The highest BCUT2D eigenvalue weighted by molar-refractivity contribution is 5.78. The number of fused-ring (bicyclic) bond motifs is 1. The van der Waals surface area contributed by atoms with E-state index < -0.39 is 0 Å². The van der Waals surface area contributed by atoms with Gasteiger partial charge in [0, 0.05) is 37.9 Å². The van der Waals surface area contributed by atoms with Crippen molar-refractivity contribution in [1.29, 1.82) is 0 Å². The molecule has 0 unspecified atom stereocenters. The molecule has 0 spiro atoms. The van der Waals surface area contributed by atoms with E-state index in [0.717, 1.165) is 30.5 Å². The second-order valence-corrected chi connectivity index (χ2v) is 3.74. The summed E-state index contributed by atoms with van der Waals surface area (Å²) in [6.07, 6.45) is 2.80. The van der Waals surface area contributed by atoms with E-state index in [4.69, 9.17) is 4.74 Å². The number of aromatic nitrogens is 1. The molecule has 3 nitrogen and oxygen atoms in total. The second kappa shape index (κ2) is 4.94. The molecule has 3 heteroatoms. The minimum Gasteiger partial charge on any atom is -0.385 e. The van der Waals surface area contributed by atoms with Crippen LogP contribution in [-0.4, -0.2) is 18.3 Å². The smallest absolute Gasteiger partial charge is 0.189 e. The zero-order valence-corrected chi connectivity index (χ0v) is 9.35. The summed E-state index contributed by atoms with van der Waals surface area (Å²) in [6, 6.07) is 9.31. The molecule has 2 aromatic rings. The first-order valence-corrected chi connectivity index (χ1v) is 5.40. The normalized spacial score (nSPS) is 10.8. The monoisotopic (exact) mass is 217 g/mol. The number of hydrogen-bond acceptors (Lipinski definition) is 2. The molecule has 0 saturated carbocycles. The SMILES string of the molecule is COCCCn1ccc(=O)c2ccccc21. The zero-order valence-electron chi connectivity index (χ0n) is 9.35. The molecule has 0 aliphatic carbocycles. The molecule has 16 heavy (non-hydrogen) atoms. The minimum absolute atomic E-state index is 0.0820. The Morgan fingerprint density at radius 1 is 1.25 bits per heavy atom. The third kappa shape index (κ3) is 2.14. The number of ether oxygens (including phenoxy) is 1. The number of rotatable bonds is 4. The average Bonchev–Trinajstić information content (AvgIpc) is 2.33. The number of benzene rings is 1. The van der Waals surface area contributed by atoms with Gasteiger partial charge in [0.05, 0.1) is 5.52 Å². The van der Waals surface area contributed by atoms with Crippen molar-refractivity contribution >= 4 is 10.9 Å². The molecule has 1 heterocycles. The van der Waals surface area contributed by atoms with E-state index in [2.05, 4.69) is 4.57 Å². The summed E-state index contributed by atoms with van der Waals surface area (Å²) < 4.78 is 7.12. The van der Waals surface area contributed by atoms with Gasteiger partial charge in [-0.25, -0.2) is 0 Å². The molecule has 1 aromatic heterocycles. The van der Waals surface area contributed by atoms with E-state index in [1.807, 2.05) is 30.5 Å². The lowest BCUT2D eigenvalue weighted by Crippen LogP contribution is -2.09. The minimum atomic E-state index is 0.0820. The van der Waals surface area contributed by atoms with Crippen LogP contribution in [0.4, 0.5) is 0 Å². The second-order valence-electron chi connectivity index (χ2n) is 3.74. The van der Waals surface area contributed by atoms with Crippen LogP contribution in [0, 0.1) is 0 Å². The van der Waals surface area contributed by atoms with Gasteiger partial charge < -0.3 is 9.30 Å². The Morgan fingerprint density at radius 2 is 2.06 bits per heavy atom. The molecule has 84 valence electrons. The highest BCUT2D eigenvalue weighted by Crippen LogP contribution is 2.09. The summed E-state index contributed by atoms with van der Waals surface area (Å²) in [5.41, 5.74) is 1.07. The van der Waals surface area contributed by atoms with Crippen molar-refractivity contribution in [3.63, 3.8) is 0 Å². The molecule has 0 bridgehead atoms. The van der Waals surface area contributed by atoms with Gasteiger partial charge in [-0.3, -0.25) is 4.79 Å². The van der Waals surface area contributed by atoms with Crippen molar-refractivity contribution in [3.05, 3.63) is 46.8 Å². The summed E-state index contributed by atoms with van der Waals surface area (Å²) in [6.45, 7) is 1.61. The maximum atomic E-state index is 11.6. The Bertz CT molecular complexity index is 531. The van der Waals surface area contributed by atoms with Crippen molar-refractivity contribution in [2.24, 2.45) is 0 Å². The number of pyridine rings is 1. The van der Waals surface area contributed by atoms with E-state index in [-0.39, 0.29) is 5.43 Å². The first-order chi connectivity index (χ1) is 7.83. The summed E-state index contributed by atoms with van der Waals surface area (Å²) in [5, 5.41) is 0.780. The largest absolute Gasteiger partial charge is 0.385 e. The third-order valence-electron chi connectivity index (χ3n) is 2.63. The van der Waals surface area contributed by atoms with Gasteiger partial charge in [0.2, 0.25) is 0 Å². The first kappa shape index (κ1) is 10.9. The Labute approximate surface area is 94.3 Å². The highest BCUT2D eigenvalue weighted by atomic mass is 16.5. The molecule has 1 aromatic carbocycles. The fraction of sp³-hybridized carbons (Fsp3) is 0.308. The molecule has 0 aliphatic heterocycles. The van der Waals surface area contributed by atoms with Gasteiger partial charge in [0.1, 0.15) is 0 Å². The van der Waals surface area contributed by atoms with Crippen LogP contribution < -0.4 is 5.43 Å². The summed E-state index contributed by atoms with van der Waals surface area (Å²) in [7, 11) is 1.70. The lowest BCUT2D eigenvalue weighted by Gasteiger charge is -2.09. The lowest BCUT2D eigenvalue weighted by molar-refractivity contribution is 0.190. The predicted octanol–water partition coefficient (Wildman–Crippen LogP) is 2.04. The van der Waals surface area contributed by atoms with Crippen LogP contribution >= 0.6 is 0 Å². The summed E-state index contributed by atoms with van der Waals surface area (Å²) in [4.78, 5) is 11.6. The predicted molar refractivity (Wildman–Crippen MR) is 64.7 cm³/mol. The van der Waals surface area contributed by atoms with Gasteiger partial charge in [0.15, 0.2) is 5.43 Å². The number of para-hydroxylation sites is 1. The topological polar surface area (TPSA) is 31.2 Å². The van der Waals surface area contributed by atoms with Crippen molar-refractivity contribution in [2.75, 3.05) is 13.7 Å². The Morgan fingerprint density at radius 3 is 2.88 bits per heavy atom. The molecular formula is C13H15NO2. The fourth-order valence-electron chi connectivity index (χ4n) is 1.83. The zero-order chi connectivity index (χ0) is 11.4. The van der Waals surface area contributed by atoms with Gasteiger partial charge in [-0.1, -0.05) is 12.1 Å². The molecule has 0 radical (unpaired) electrons. The maximum Gasteiger partial charge on any atom is 0.189 e. The maximum absolute atomic E-state index is 11.6. The average molecular weight is 217 g/mol. The van der Waals surface area contributed by atoms with Crippen molar-refractivity contribution in [1.82, 2.24) is 4.57 Å². The Balaban J connectivity index is 2.38. The molecule has 0 N–H and O–H groups in total. The summed E-state index contributed by atoms with van der Waals surface area (Å²) in [5.74, 6) is 0. The van der Waals surface area contributed by atoms with E-state index in [9.17, 15) is 4.79 Å². The number of nitrogens with zero attached hydrogens (tertiary/aromatic N) is 1. The molecule has 0 saturated heterocycles. The Hall–Kier alpha value is -1.61. The van der Waals surface area contributed by atoms with Gasteiger partial charge in [0.25, 0.3) is 0 Å². The van der Waals surface area contributed by atoms with E-state index in [0.29, 0.717) is 0 Å². The van der Waals surface area contributed by atoms with Crippen LogP contribution in [0.3, 0.4) is 0 Å². The van der Waals surface area contributed by atoms with Crippen molar-refractivity contribution in [2.45, 2.75) is 13.0 Å². The van der Waals surface area contributed by atoms with Crippen LogP contribution in [0.2, 0.25) is 0 Å². The fourth-order valence-corrected chi connectivity index (χ4v) is 1.83. The summed E-state index contributed by atoms with van der Waals surface area (Å²) >= 11 is 0. The van der Waals surface area contributed by atoms with E-state index in [1.54, 1.807) is 13.2 Å². The number of methoxy groups -OCH3 is 1. The highest BCUT2D eigenvalue weighted by Gasteiger charge is 2.00. The Kier molecular flexibility index (Phi) is 3.37. The molecule has 0 aliphatic rings. The number of hydrogen-bond donors (Lipinski definition) is 0. The lowest BCUT2D eigenvalue weighted by atomic mass is 10.2. The molecule has 0 fully saturated rings. The van der Waals surface area contributed by atoms with Crippen LogP contribution in [0.25, 0.3) is 10.9 Å².